The number of nitrogens with zero attached hydrogens (tertiary/aromatic N) is 2. The van der Waals surface area contributed by atoms with E-state index in [4.69, 9.17) is 0 Å². The van der Waals surface area contributed by atoms with Gasteiger partial charge >= 0.3 is 0 Å². The Balaban J connectivity index is 1.31. The monoisotopic (exact) mass is 810 g/mol. The van der Waals surface area contributed by atoms with E-state index < -0.39 is 0 Å². The maximum atomic E-state index is 2.60. The zero-order valence-electron chi connectivity index (χ0n) is 37.3. The topological polar surface area (TPSA) is 6.48 Å². The molecular formula is C57H55BN2S. The van der Waals surface area contributed by atoms with E-state index in [2.05, 4.69) is 230 Å². The van der Waals surface area contributed by atoms with E-state index >= 15 is 0 Å². The highest BCUT2D eigenvalue weighted by atomic mass is 32.1. The second-order valence-electron chi connectivity index (χ2n) is 20.4. The summed E-state index contributed by atoms with van der Waals surface area (Å²) in [6.45, 7) is 23.1. The number of thiophene rings is 1. The molecule has 0 aliphatic carbocycles. The lowest BCUT2D eigenvalue weighted by atomic mass is 9.33. The Labute approximate surface area is 367 Å². The Morgan fingerprint density at radius 3 is 1.69 bits per heavy atom. The van der Waals surface area contributed by atoms with E-state index in [1.807, 2.05) is 11.3 Å². The quantitative estimate of drug-likeness (QED) is 0.163. The van der Waals surface area contributed by atoms with Gasteiger partial charge in [0.15, 0.2) is 0 Å². The minimum absolute atomic E-state index is 0.00875. The third kappa shape index (κ3) is 6.62. The molecule has 2 aliphatic rings. The van der Waals surface area contributed by atoms with Gasteiger partial charge in [-0.15, -0.1) is 11.3 Å². The molecule has 2 nitrogen and oxygen atoms in total. The van der Waals surface area contributed by atoms with Crippen molar-refractivity contribution in [2.75, 3.05) is 9.80 Å². The number of aryl methyl sites for hydroxylation is 1. The minimum atomic E-state index is -0.0229. The molecule has 0 unspecified atom stereocenters. The van der Waals surface area contributed by atoms with Crippen LogP contribution in [0.1, 0.15) is 84.6 Å². The smallest absolute Gasteiger partial charge is 0.252 e. The molecule has 7 aromatic carbocycles. The van der Waals surface area contributed by atoms with Crippen molar-refractivity contribution in [3.05, 3.63) is 173 Å². The van der Waals surface area contributed by atoms with Crippen LogP contribution in [0, 0.1) is 6.92 Å². The van der Waals surface area contributed by atoms with Crippen LogP contribution in [0.4, 0.5) is 34.1 Å². The fraction of sp³-hybridized carbons (Fsp3) is 0.228. The molecule has 0 saturated heterocycles. The van der Waals surface area contributed by atoms with Crippen LogP contribution in [0.5, 0.6) is 0 Å². The zero-order valence-corrected chi connectivity index (χ0v) is 38.1. The summed E-state index contributed by atoms with van der Waals surface area (Å²) in [6, 6.07) is 55.8. The van der Waals surface area contributed by atoms with Crippen molar-refractivity contribution in [1.82, 2.24) is 0 Å². The van der Waals surface area contributed by atoms with Crippen molar-refractivity contribution >= 4 is 78.6 Å². The van der Waals surface area contributed by atoms with Gasteiger partial charge in [-0.2, -0.15) is 0 Å². The molecule has 0 N–H and O–H groups in total. The summed E-state index contributed by atoms with van der Waals surface area (Å²) in [7, 11) is 0. The fourth-order valence-corrected chi connectivity index (χ4v) is 10.6. The van der Waals surface area contributed by atoms with E-state index in [9.17, 15) is 0 Å². The molecule has 0 fully saturated rings. The van der Waals surface area contributed by atoms with Crippen molar-refractivity contribution in [2.24, 2.45) is 0 Å². The van der Waals surface area contributed by atoms with Gasteiger partial charge in [0, 0.05) is 49.6 Å². The van der Waals surface area contributed by atoms with Crippen molar-refractivity contribution in [3.63, 3.8) is 0 Å². The normalized spacial score (nSPS) is 13.6. The lowest BCUT2D eigenvalue weighted by Gasteiger charge is -2.45. The summed E-state index contributed by atoms with van der Waals surface area (Å²) in [5.74, 6) is 0. The number of rotatable bonds is 4. The van der Waals surface area contributed by atoms with E-state index in [0.29, 0.717) is 0 Å². The van der Waals surface area contributed by atoms with Crippen molar-refractivity contribution in [1.29, 1.82) is 0 Å². The molecule has 2 aliphatic heterocycles. The summed E-state index contributed by atoms with van der Waals surface area (Å²) in [5, 5.41) is 3.66. The third-order valence-electron chi connectivity index (χ3n) is 13.0. The van der Waals surface area contributed by atoms with Gasteiger partial charge in [0.05, 0.1) is 5.69 Å². The van der Waals surface area contributed by atoms with E-state index in [-0.39, 0.29) is 23.0 Å². The van der Waals surface area contributed by atoms with Crippen LogP contribution >= 0.6 is 11.3 Å². The number of fused-ring (bicyclic) bond motifs is 5. The highest BCUT2D eigenvalue weighted by Crippen LogP contribution is 2.49. The van der Waals surface area contributed by atoms with Crippen molar-refractivity contribution in [2.45, 2.75) is 85.5 Å². The molecule has 0 saturated carbocycles. The maximum absolute atomic E-state index is 2.60. The Morgan fingerprint density at radius 2 is 1.00 bits per heavy atom. The average Bonchev–Trinajstić information content (AvgIpc) is 3.67. The molecule has 302 valence electrons. The Kier molecular flexibility index (Phi) is 9.09. The predicted molar refractivity (Wildman–Crippen MR) is 268 cm³/mol. The highest BCUT2D eigenvalue weighted by Gasteiger charge is 2.44. The van der Waals surface area contributed by atoms with Crippen LogP contribution in [0.15, 0.2) is 151 Å². The van der Waals surface area contributed by atoms with Crippen LogP contribution in [-0.2, 0) is 16.2 Å². The van der Waals surface area contributed by atoms with Crippen LogP contribution in [-0.4, -0.2) is 6.71 Å². The second-order valence-corrected chi connectivity index (χ2v) is 21.3. The van der Waals surface area contributed by atoms with Gasteiger partial charge in [-0.05, 0) is 133 Å². The molecule has 10 rings (SSSR count). The molecule has 61 heavy (non-hydrogen) atoms. The molecule has 0 atom stereocenters. The van der Waals surface area contributed by atoms with Crippen LogP contribution < -0.4 is 26.2 Å². The first-order chi connectivity index (χ1) is 29.1. The first-order valence-corrected chi connectivity index (χ1v) is 22.7. The molecule has 0 spiro atoms. The van der Waals surface area contributed by atoms with Gasteiger partial charge in [0.2, 0.25) is 0 Å². The highest BCUT2D eigenvalue weighted by molar-refractivity contribution is 7.17. The van der Waals surface area contributed by atoms with E-state index in [1.165, 1.54) is 105 Å². The first-order valence-electron chi connectivity index (χ1n) is 21.9. The van der Waals surface area contributed by atoms with Crippen molar-refractivity contribution in [3.8, 4) is 22.3 Å². The molecule has 8 aromatic rings. The SMILES string of the molecule is Cc1cc2c3c(c1)N(c1ccc(C(C)(C)C)cc1-c1ccccc1)c1ccc(-c4csc5ccccc45)cc1B3c1cc(C(C)(C)C)ccc1N2c1ccc(C(C)(C)C)cc1. The van der Waals surface area contributed by atoms with Gasteiger partial charge < -0.3 is 9.80 Å². The van der Waals surface area contributed by atoms with Gasteiger partial charge in [-0.3, -0.25) is 0 Å². The summed E-state index contributed by atoms with van der Waals surface area (Å²) in [5.41, 5.74) is 21.6. The average molecular weight is 811 g/mol. The summed E-state index contributed by atoms with van der Waals surface area (Å²) < 4.78 is 1.32. The molecule has 4 heteroatoms. The van der Waals surface area contributed by atoms with Crippen LogP contribution in [0.3, 0.4) is 0 Å². The molecule has 0 bridgehead atoms. The van der Waals surface area contributed by atoms with Gasteiger partial charge in [-0.25, -0.2) is 0 Å². The lowest BCUT2D eigenvalue weighted by Crippen LogP contribution is -2.61. The summed E-state index contributed by atoms with van der Waals surface area (Å²) >= 11 is 1.83. The molecular weight excluding hydrogens is 756 g/mol. The first kappa shape index (κ1) is 39.3. The Hall–Kier alpha value is -5.84. The number of anilines is 6. The largest absolute Gasteiger partial charge is 0.311 e. The van der Waals surface area contributed by atoms with Crippen molar-refractivity contribution < 1.29 is 0 Å². The van der Waals surface area contributed by atoms with Gasteiger partial charge in [0.1, 0.15) is 0 Å². The molecule has 0 amide bonds. The van der Waals surface area contributed by atoms with E-state index in [1.54, 1.807) is 0 Å². The predicted octanol–water partition coefficient (Wildman–Crippen LogP) is 14.5. The second kappa shape index (κ2) is 14.1. The molecule has 0 radical (unpaired) electrons. The zero-order chi connectivity index (χ0) is 42.6. The lowest BCUT2D eigenvalue weighted by molar-refractivity contribution is 0.590. The summed E-state index contributed by atoms with van der Waals surface area (Å²) in [6.07, 6.45) is 0. The van der Waals surface area contributed by atoms with Crippen LogP contribution in [0.25, 0.3) is 32.3 Å². The summed E-state index contributed by atoms with van der Waals surface area (Å²) in [4.78, 5) is 5.15. The minimum Gasteiger partial charge on any atom is -0.311 e. The number of hydrogen-bond acceptors (Lipinski definition) is 3. The Morgan fingerprint density at radius 1 is 0.443 bits per heavy atom. The van der Waals surface area contributed by atoms with Crippen LogP contribution in [0.2, 0.25) is 0 Å². The number of hydrogen-bond donors (Lipinski definition) is 0. The third-order valence-corrected chi connectivity index (χ3v) is 14.0. The maximum Gasteiger partial charge on any atom is 0.252 e. The number of benzene rings is 7. The van der Waals surface area contributed by atoms with Gasteiger partial charge in [-0.1, -0.05) is 153 Å². The Bertz CT molecular complexity index is 2990. The standard InChI is InChI=1S/C57H55BN2S/c1-36-30-51-54-52(31-36)60(48-28-23-40(56(5,6)7)33-44(48)37-16-12-11-13-17-37)50-27-20-38(45-35-61-53-19-15-14-18-43(45)53)32-46(50)58(54)47-34-41(57(8,9)10)24-29-49(47)59(51)42-25-21-39(22-26-42)55(2,3)4/h11-35H,1-10H3. The molecule has 1 aromatic heterocycles. The molecule has 3 heterocycles. The van der Waals surface area contributed by atoms with E-state index in [0.717, 1.165) is 0 Å². The van der Waals surface area contributed by atoms with Gasteiger partial charge in [0.25, 0.3) is 6.71 Å². The fourth-order valence-electron chi connectivity index (χ4n) is 9.67.